The molecule has 124 valence electrons. The van der Waals surface area contributed by atoms with Gasteiger partial charge < -0.3 is 15.5 Å². The Labute approximate surface area is 135 Å². The fourth-order valence-electron chi connectivity index (χ4n) is 3.31. The number of rotatable bonds is 4. The minimum Gasteiger partial charge on any atom is -0.342 e. The van der Waals surface area contributed by atoms with Crippen LogP contribution in [0.15, 0.2) is 24.3 Å². The van der Waals surface area contributed by atoms with Crippen molar-refractivity contribution in [1.82, 2.24) is 15.5 Å². The first kappa shape index (κ1) is 15.9. The Kier molecular flexibility index (Phi) is 4.35. The number of nitrogens with zero attached hydrogens (tertiary/aromatic N) is 1. The van der Waals surface area contributed by atoms with Crippen molar-refractivity contribution in [2.45, 2.75) is 44.9 Å². The summed E-state index contributed by atoms with van der Waals surface area (Å²) in [5.74, 6) is -0.277. The van der Waals surface area contributed by atoms with Crippen molar-refractivity contribution in [2.75, 3.05) is 6.54 Å². The lowest BCUT2D eigenvalue weighted by Crippen LogP contribution is -2.62. The molecule has 3 rings (SSSR count). The summed E-state index contributed by atoms with van der Waals surface area (Å²) in [6.07, 6.45) is 0.566. The standard InChI is InChI=1S/C17H22FN3O2/c1-10(2)15-17(23)21-9-12(7-14(21)16(22)20-15)19-8-11-5-3-4-6-13(11)18/h3-6,10,12,14-15,19H,7-9H2,1-2H3,(H,20,22)/t12-,14-,15+/m0/s1. The highest BCUT2D eigenvalue weighted by molar-refractivity contribution is 5.97. The first-order valence-corrected chi connectivity index (χ1v) is 8.05. The van der Waals surface area contributed by atoms with Gasteiger partial charge in [0.25, 0.3) is 0 Å². The number of benzene rings is 1. The smallest absolute Gasteiger partial charge is 0.246 e. The molecular formula is C17H22FN3O2. The predicted molar refractivity (Wildman–Crippen MR) is 83.9 cm³/mol. The number of amides is 2. The molecule has 5 nitrogen and oxygen atoms in total. The molecule has 23 heavy (non-hydrogen) atoms. The van der Waals surface area contributed by atoms with Crippen LogP contribution in [0.4, 0.5) is 4.39 Å². The summed E-state index contributed by atoms with van der Waals surface area (Å²) in [6.45, 7) is 4.73. The van der Waals surface area contributed by atoms with Gasteiger partial charge in [0.05, 0.1) is 0 Å². The molecule has 2 aliphatic heterocycles. The van der Waals surface area contributed by atoms with E-state index in [9.17, 15) is 14.0 Å². The van der Waals surface area contributed by atoms with E-state index in [4.69, 9.17) is 0 Å². The van der Waals surface area contributed by atoms with E-state index in [-0.39, 0.29) is 29.6 Å². The summed E-state index contributed by atoms with van der Waals surface area (Å²) in [4.78, 5) is 26.4. The highest BCUT2D eigenvalue weighted by atomic mass is 19.1. The second-order valence-electron chi connectivity index (χ2n) is 6.64. The van der Waals surface area contributed by atoms with Gasteiger partial charge in [-0.05, 0) is 18.4 Å². The zero-order valence-corrected chi connectivity index (χ0v) is 13.4. The Balaban J connectivity index is 1.64. The lowest BCUT2D eigenvalue weighted by atomic mass is 9.98. The van der Waals surface area contributed by atoms with Gasteiger partial charge in [0.15, 0.2) is 0 Å². The predicted octanol–water partition coefficient (Wildman–Crippen LogP) is 1.04. The number of nitrogens with one attached hydrogen (secondary N) is 2. The Morgan fingerprint density at radius 2 is 2.09 bits per heavy atom. The van der Waals surface area contributed by atoms with Crippen LogP contribution >= 0.6 is 0 Å². The van der Waals surface area contributed by atoms with Crippen molar-refractivity contribution >= 4 is 11.8 Å². The van der Waals surface area contributed by atoms with E-state index < -0.39 is 12.1 Å². The molecule has 2 aliphatic rings. The van der Waals surface area contributed by atoms with E-state index in [1.165, 1.54) is 6.07 Å². The summed E-state index contributed by atoms with van der Waals surface area (Å²) in [6, 6.07) is 5.77. The van der Waals surface area contributed by atoms with Gasteiger partial charge in [-0.1, -0.05) is 32.0 Å². The molecule has 1 aromatic carbocycles. The Bertz CT molecular complexity index is 620. The van der Waals surface area contributed by atoms with Crippen LogP contribution in [0, 0.1) is 11.7 Å². The van der Waals surface area contributed by atoms with Crippen molar-refractivity contribution in [2.24, 2.45) is 5.92 Å². The third-order valence-electron chi connectivity index (χ3n) is 4.66. The molecule has 2 fully saturated rings. The maximum absolute atomic E-state index is 13.7. The summed E-state index contributed by atoms with van der Waals surface area (Å²) in [5.41, 5.74) is 0.591. The van der Waals surface area contributed by atoms with Gasteiger partial charge in [-0.2, -0.15) is 0 Å². The van der Waals surface area contributed by atoms with E-state index in [0.717, 1.165) is 0 Å². The molecule has 2 N–H and O–H groups in total. The SMILES string of the molecule is CC(C)[C@H]1NC(=O)[C@@H]2C[C@H](NCc3ccccc3F)CN2C1=O. The van der Waals surface area contributed by atoms with Crippen LogP contribution in [0.25, 0.3) is 0 Å². The van der Waals surface area contributed by atoms with Crippen LogP contribution in [0.1, 0.15) is 25.8 Å². The maximum atomic E-state index is 13.7. The van der Waals surface area contributed by atoms with Gasteiger partial charge in [-0.15, -0.1) is 0 Å². The molecule has 0 bridgehead atoms. The van der Waals surface area contributed by atoms with E-state index in [1.54, 1.807) is 23.1 Å². The van der Waals surface area contributed by atoms with Crippen molar-refractivity contribution in [1.29, 1.82) is 0 Å². The fraction of sp³-hybridized carbons (Fsp3) is 0.529. The van der Waals surface area contributed by atoms with Crippen molar-refractivity contribution in [3.63, 3.8) is 0 Å². The third-order valence-corrected chi connectivity index (χ3v) is 4.66. The molecule has 2 heterocycles. The highest BCUT2D eigenvalue weighted by Gasteiger charge is 2.46. The number of hydrogen-bond donors (Lipinski definition) is 2. The molecule has 0 aromatic heterocycles. The zero-order chi connectivity index (χ0) is 16.6. The summed E-state index contributed by atoms with van der Waals surface area (Å²) >= 11 is 0. The lowest BCUT2D eigenvalue weighted by molar-refractivity contribution is -0.148. The minimum absolute atomic E-state index is 0.000202. The second-order valence-corrected chi connectivity index (χ2v) is 6.64. The molecule has 6 heteroatoms. The van der Waals surface area contributed by atoms with E-state index in [2.05, 4.69) is 10.6 Å². The number of fused-ring (bicyclic) bond motifs is 1. The van der Waals surface area contributed by atoms with Crippen LogP contribution in [0.5, 0.6) is 0 Å². The van der Waals surface area contributed by atoms with Crippen molar-refractivity contribution in [3.05, 3.63) is 35.6 Å². The van der Waals surface area contributed by atoms with Gasteiger partial charge in [-0.25, -0.2) is 4.39 Å². The summed E-state index contributed by atoms with van der Waals surface area (Å²) in [5, 5.41) is 6.09. The molecule has 3 atom stereocenters. The topological polar surface area (TPSA) is 61.4 Å². The van der Waals surface area contributed by atoms with Crippen LogP contribution in [-0.2, 0) is 16.1 Å². The maximum Gasteiger partial charge on any atom is 0.246 e. The quantitative estimate of drug-likeness (QED) is 0.872. The monoisotopic (exact) mass is 319 g/mol. The third kappa shape index (κ3) is 3.08. The number of piperazine rings is 1. The van der Waals surface area contributed by atoms with Gasteiger partial charge in [0, 0.05) is 24.7 Å². The first-order valence-electron chi connectivity index (χ1n) is 8.05. The summed E-state index contributed by atoms with van der Waals surface area (Å²) < 4.78 is 13.7. The number of hydrogen-bond acceptors (Lipinski definition) is 3. The average Bonchev–Trinajstić information content (AvgIpc) is 2.95. The number of halogens is 1. The molecule has 2 amide bonds. The highest BCUT2D eigenvalue weighted by Crippen LogP contribution is 2.25. The van der Waals surface area contributed by atoms with Crippen molar-refractivity contribution < 1.29 is 14.0 Å². The van der Waals surface area contributed by atoms with Gasteiger partial charge in [0.2, 0.25) is 11.8 Å². The Morgan fingerprint density at radius 1 is 1.35 bits per heavy atom. The Hall–Kier alpha value is -1.95. The van der Waals surface area contributed by atoms with Crippen LogP contribution < -0.4 is 10.6 Å². The van der Waals surface area contributed by atoms with E-state index in [0.29, 0.717) is 25.1 Å². The van der Waals surface area contributed by atoms with Crippen LogP contribution in [-0.4, -0.2) is 41.4 Å². The second kappa shape index (κ2) is 6.28. The van der Waals surface area contributed by atoms with E-state index in [1.807, 2.05) is 13.8 Å². The van der Waals surface area contributed by atoms with Gasteiger partial charge >= 0.3 is 0 Å². The zero-order valence-electron chi connectivity index (χ0n) is 13.4. The van der Waals surface area contributed by atoms with E-state index >= 15 is 0 Å². The molecule has 1 aromatic rings. The normalized spacial score (nSPS) is 27.3. The molecule has 0 saturated carbocycles. The minimum atomic E-state index is -0.441. The van der Waals surface area contributed by atoms with Gasteiger partial charge in [0.1, 0.15) is 17.9 Å². The van der Waals surface area contributed by atoms with Crippen molar-refractivity contribution in [3.8, 4) is 0 Å². The molecule has 0 radical (unpaired) electrons. The molecule has 2 saturated heterocycles. The van der Waals surface area contributed by atoms with Crippen LogP contribution in [0.3, 0.4) is 0 Å². The molecule has 0 unspecified atom stereocenters. The number of carbonyl (C=O) groups excluding carboxylic acids is 2. The summed E-state index contributed by atoms with van der Waals surface area (Å²) in [7, 11) is 0. The fourth-order valence-corrected chi connectivity index (χ4v) is 3.31. The average molecular weight is 319 g/mol. The molecule has 0 spiro atoms. The van der Waals surface area contributed by atoms with Crippen LogP contribution in [0.2, 0.25) is 0 Å². The number of carbonyl (C=O) groups is 2. The Morgan fingerprint density at radius 3 is 2.78 bits per heavy atom. The first-order chi connectivity index (χ1) is 11.0. The molecule has 0 aliphatic carbocycles. The van der Waals surface area contributed by atoms with Gasteiger partial charge in [-0.3, -0.25) is 9.59 Å². The largest absolute Gasteiger partial charge is 0.342 e. The molecular weight excluding hydrogens is 297 g/mol. The lowest BCUT2D eigenvalue weighted by Gasteiger charge is -2.36.